The number of methoxy groups -OCH3 is 2. The van der Waals surface area contributed by atoms with Gasteiger partial charge in [-0.3, -0.25) is 4.79 Å². The number of carbonyl (C=O) groups excluding carboxylic acids is 1. The Morgan fingerprint density at radius 3 is 2.38 bits per heavy atom. The van der Waals surface area contributed by atoms with Gasteiger partial charge in [-0.05, 0) is 29.8 Å². The molecule has 0 saturated carbocycles. The summed E-state index contributed by atoms with van der Waals surface area (Å²) in [6, 6.07) is 10.9. The molecule has 0 N–H and O–H groups in total. The second kappa shape index (κ2) is 6.96. The van der Waals surface area contributed by atoms with Gasteiger partial charge in [0.2, 0.25) is 0 Å². The zero-order chi connectivity index (χ0) is 15.4. The highest BCUT2D eigenvalue weighted by Crippen LogP contribution is 2.36. The summed E-state index contributed by atoms with van der Waals surface area (Å²) in [6.45, 7) is 0. The highest BCUT2D eigenvalue weighted by molar-refractivity contribution is 9.10. The fourth-order valence-electron chi connectivity index (χ4n) is 1.97. The molecule has 0 amide bonds. The quantitative estimate of drug-likeness (QED) is 0.726. The molecule has 0 aliphatic carbocycles. The largest absolute Gasteiger partial charge is 0.493 e. The first kappa shape index (κ1) is 15.9. The van der Waals surface area contributed by atoms with Crippen molar-refractivity contribution >= 4 is 33.3 Å². The molecule has 3 nitrogen and oxygen atoms in total. The average Bonchev–Trinajstić information content (AvgIpc) is 2.48. The predicted octanol–water partition coefficient (Wildman–Crippen LogP) is 4.55. The molecule has 0 bridgehead atoms. The summed E-state index contributed by atoms with van der Waals surface area (Å²) in [5, 5.41) is 0.357. The van der Waals surface area contributed by atoms with Gasteiger partial charge in [0, 0.05) is 16.5 Å². The lowest BCUT2D eigenvalue weighted by molar-refractivity contribution is 0.0992. The monoisotopic (exact) mass is 368 g/mol. The van der Waals surface area contributed by atoms with Crippen molar-refractivity contribution in [2.75, 3.05) is 14.2 Å². The highest BCUT2D eigenvalue weighted by Gasteiger charge is 2.15. The Kier molecular flexibility index (Phi) is 5.26. The minimum Gasteiger partial charge on any atom is -0.493 e. The van der Waals surface area contributed by atoms with E-state index in [1.807, 2.05) is 24.3 Å². The van der Waals surface area contributed by atoms with E-state index in [4.69, 9.17) is 21.1 Å². The van der Waals surface area contributed by atoms with E-state index in [1.165, 1.54) is 14.2 Å². The first-order valence-corrected chi connectivity index (χ1v) is 7.41. The summed E-state index contributed by atoms with van der Waals surface area (Å²) < 4.78 is 11.3. The van der Waals surface area contributed by atoms with Gasteiger partial charge in [-0.25, -0.2) is 0 Å². The number of benzene rings is 2. The maximum Gasteiger partial charge on any atom is 0.179 e. The lowest BCUT2D eigenvalue weighted by Gasteiger charge is -2.11. The first-order valence-electron chi connectivity index (χ1n) is 6.24. The number of ether oxygens (including phenoxy) is 2. The van der Waals surface area contributed by atoms with Crippen molar-refractivity contribution in [3.63, 3.8) is 0 Å². The van der Waals surface area contributed by atoms with E-state index in [-0.39, 0.29) is 5.78 Å². The molecule has 0 aliphatic rings. The maximum atomic E-state index is 12.4. The van der Waals surface area contributed by atoms with Crippen molar-refractivity contribution in [2.45, 2.75) is 6.42 Å². The first-order chi connectivity index (χ1) is 10.0. The van der Waals surface area contributed by atoms with E-state index < -0.39 is 0 Å². The van der Waals surface area contributed by atoms with Crippen LogP contribution in [-0.4, -0.2) is 20.0 Å². The minimum atomic E-state index is -0.0276. The molecule has 2 rings (SSSR count). The van der Waals surface area contributed by atoms with E-state index >= 15 is 0 Å². The minimum absolute atomic E-state index is 0.0276. The van der Waals surface area contributed by atoms with E-state index in [1.54, 1.807) is 12.1 Å². The van der Waals surface area contributed by atoms with Gasteiger partial charge < -0.3 is 9.47 Å². The molecule has 0 aromatic heterocycles. The van der Waals surface area contributed by atoms with Crippen molar-refractivity contribution in [1.82, 2.24) is 0 Å². The third-order valence-electron chi connectivity index (χ3n) is 3.03. The van der Waals surface area contributed by atoms with E-state index in [0.717, 1.165) is 10.0 Å². The van der Waals surface area contributed by atoms with Crippen LogP contribution in [0.25, 0.3) is 0 Å². The van der Waals surface area contributed by atoms with Gasteiger partial charge >= 0.3 is 0 Å². The van der Waals surface area contributed by atoms with Crippen LogP contribution in [0.15, 0.2) is 40.9 Å². The molecule has 0 atom stereocenters. The number of hydrogen-bond donors (Lipinski definition) is 0. The van der Waals surface area contributed by atoms with Gasteiger partial charge in [0.05, 0.1) is 19.2 Å². The third kappa shape index (κ3) is 3.77. The highest BCUT2D eigenvalue weighted by atomic mass is 79.9. The second-order valence-corrected chi connectivity index (χ2v) is 5.74. The van der Waals surface area contributed by atoms with Gasteiger partial charge in [-0.2, -0.15) is 0 Å². The van der Waals surface area contributed by atoms with Crippen molar-refractivity contribution in [1.29, 1.82) is 0 Å². The summed E-state index contributed by atoms with van der Waals surface area (Å²) in [6.07, 6.45) is 0.305. The number of ketones is 1. The average molecular weight is 370 g/mol. The SMILES string of the molecule is COc1cc(C(=O)Cc2ccc(Br)cc2)cc(Cl)c1OC. The fourth-order valence-corrected chi connectivity index (χ4v) is 2.52. The molecular formula is C16H14BrClO3. The Labute approximate surface area is 137 Å². The molecule has 0 heterocycles. The van der Waals surface area contributed by atoms with E-state index in [9.17, 15) is 4.79 Å². The zero-order valence-electron chi connectivity index (χ0n) is 11.7. The second-order valence-electron chi connectivity index (χ2n) is 4.42. The Hall–Kier alpha value is -1.52. The van der Waals surface area contributed by atoms with Gasteiger partial charge in [0.25, 0.3) is 0 Å². The van der Waals surface area contributed by atoms with Crippen LogP contribution < -0.4 is 9.47 Å². The number of carbonyl (C=O) groups is 1. The number of Topliss-reactive ketones (excluding diaryl/α,β-unsaturated/α-hetero) is 1. The lowest BCUT2D eigenvalue weighted by atomic mass is 10.0. The lowest BCUT2D eigenvalue weighted by Crippen LogP contribution is -2.05. The molecule has 0 saturated heterocycles. The van der Waals surface area contributed by atoms with E-state index in [2.05, 4.69) is 15.9 Å². The molecule has 110 valence electrons. The Morgan fingerprint density at radius 1 is 1.14 bits per heavy atom. The summed E-state index contributed by atoms with van der Waals surface area (Å²) in [5.74, 6) is 0.851. The van der Waals surface area contributed by atoms with Crippen LogP contribution in [0.2, 0.25) is 5.02 Å². The van der Waals surface area contributed by atoms with Gasteiger partial charge in [0.1, 0.15) is 0 Å². The molecule has 5 heteroatoms. The number of halogens is 2. The van der Waals surface area contributed by atoms with Crippen LogP contribution in [0.4, 0.5) is 0 Å². The number of rotatable bonds is 5. The molecule has 2 aromatic rings. The molecule has 21 heavy (non-hydrogen) atoms. The normalized spacial score (nSPS) is 10.3. The third-order valence-corrected chi connectivity index (χ3v) is 3.84. The van der Waals surface area contributed by atoms with Crippen molar-refractivity contribution < 1.29 is 14.3 Å². The van der Waals surface area contributed by atoms with Crippen molar-refractivity contribution in [2.24, 2.45) is 0 Å². The van der Waals surface area contributed by atoms with Gasteiger partial charge in [-0.15, -0.1) is 0 Å². The fraction of sp³-hybridized carbons (Fsp3) is 0.188. The topological polar surface area (TPSA) is 35.5 Å². The maximum absolute atomic E-state index is 12.4. The number of hydrogen-bond acceptors (Lipinski definition) is 3. The molecule has 0 fully saturated rings. The summed E-state index contributed by atoms with van der Waals surface area (Å²) in [5.41, 5.74) is 1.44. The van der Waals surface area contributed by atoms with E-state index in [0.29, 0.717) is 28.5 Å². The zero-order valence-corrected chi connectivity index (χ0v) is 14.0. The molecule has 2 aromatic carbocycles. The Balaban J connectivity index is 2.27. The molecule has 0 aliphatic heterocycles. The van der Waals surface area contributed by atoms with Crippen LogP contribution in [0.5, 0.6) is 11.5 Å². The van der Waals surface area contributed by atoms with Crippen LogP contribution in [-0.2, 0) is 6.42 Å². The molecular weight excluding hydrogens is 356 g/mol. The van der Waals surface area contributed by atoms with Crippen molar-refractivity contribution in [3.05, 3.63) is 57.0 Å². The van der Waals surface area contributed by atoms with Crippen molar-refractivity contribution in [3.8, 4) is 11.5 Å². The van der Waals surface area contributed by atoms with Crippen LogP contribution >= 0.6 is 27.5 Å². The van der Waals surface area contributed by atoms with Gasteiger partial charge in [-0.1, -0.05) is 39.7 Å². The Morgan fingerprint density at radius 2 is 1.81 bits per heavy atom. The summed E-state index contributed by atoms with van der Waals surface area (Å²) in [7, 11) is 3.02. The van der Waals surface area contributed by atoms with Crippen LogP contribution in [0.3, 0.4) is 0 Å². The van der Waals surface area contributed by atoms with Crippen LogP contribution in [0, 0.1) is 0 Å². The smallest absolute Gasteiger partial charge is 0.179 e. The predicted molar refractivity (Wildman–Crippen MR) is 86.7 cm³/mol. The summed E-state index contributed by atoms with van der Waals surface area (Å²) in [4.78, 5) is 12.4. The Bertz CT molecular complexity index is 653. The molecule has 0 spiro atoms. The molecule has 0 unspecified atom stereocenters. The van der Waals surface area contributed by atoms with Gasteiger partial charge in [0.15, 0.2) is 17.3 Å². The standard InChI is InChI=1S/C16H14BrClO3/c1-20-15-9-11(8-13(18)16(15)21-2)14(19)7-10-3-5-12(17)6-4-10/h3-6,8-9H,7H2,1-2H3. The van der Waals surface area contributed by atoms with Crippen LogP contribution in [0.1, 0.15) is 15.9 Å². The molecule has 0 radical (unpaired) electrons. The summed E-state index contributed by atoms with van der Waals surface area (Å²) >= 11 is 9.49.